The Morgan fingerprint density at radius 1 is 1.23 bits per heavy atom. The molecular weight excluding hydrogens is 332 g/mol. The SMILES string of the molecule is C[C@H](NC(=O)Nc1cccnc1-n1cncn1)c1cc2ccccc2o1. The van der Waals surface area contributed by atoms with Crippen molar-refractivity contribution in [3.05, 3.63) is 67.1 Å². The Morgan fingerprint density at radius 2 is 2.12 bits per heavy atom. The van der Waals surface area contributed by atoms with Gasteiger partial charge in [-0.2, -0.15) is 5.10 Å². The topological polar surface area (TPSA) is 97.9 Å². The summed E-state index contributed by atoms with van der Waals surface area (Å²) in [5.74, 6) is 1.17. The summed E-state index contributed by atoms with van der Waals surface area (Å²) in [6.45, 7) is 1.86. The molecule has 0 spiro atoms. The Kier molecular flexibility index (Phi) is 4.06. The lowest BCUT2D eigenvalue weighted by Gasteiger charge is -2.14. The van der Waals surface area contributed by atoms with Crippen LogP contribution in [0, 0.1) is 0 Å². The second kappa shape index (κ2) is 6.67. The van der Waals surface area contributed by atoms with E-state index in [2.05, 4.69) is 25.7 Å². The number of fused-ring (bicyclic) bond motifs is 1. The molecule has 0 unspecified atom stereocenters. The lowest BCUT2D eigenvalue weighted by Crippen LogP contribution is -2.31. The Bertz CT molecular complexity index is 1010. The number of anilines is 1. The molecule has 0 aliphatic carbocycles. The number of benzene rings is 1. The average molecular weight is 348 g/mol. The molecule has 8 heteroatoms. The van der Waals surface area contributed by atoms with Crippen LogP contribution >= 0.6 is 0 Å². The zero-order chi connectivity index (χ0) is 17.9. The summed E-state index contributed by atoms with van der Waals surface area (Å²) in [7, 11) is 0. The van der Waals surface area contributed by atoms with E-state index in [-0.39, 0.29) is 12.1 Å². The Labute approximate surface area is 148 Å². The maximum Gasteiger partial charge on any atom is 0.319 e. The van der Waals surface area contributed by atoms with Gasteiger partial charge in [0.2, 0.25) is 0 Å². The molecule has 2 N–H and O–H groups in total. The van der Waals surface area contributed by atoms with Crippen molar-refractivity contribution in [1.29, 1.82) is 0 Å². The van der Waals surface area contributed by atoms with Crippen molar-refractivity contribution in [1.82, 2.24) is 25.1 Å². The van der Waals surface area contributed by atoms with Crippen molar-refractivity contribution >= 4 is 22.7 Å². The number of nitrogens with one attached hydrogen (secondary N) is 2. The number of para-hydroxylation sites is 1. The molecule has 3 heterocycles. The molecular formula is C18H16N6O2. The number of urea groups is 1. The summed E-state index contributed by atoms with van der Waals surface area (Å²) in [4.78, 5) is 20.5. The van der Waals surface area contributed by atoms with Crippen LogP contribution in [0.5, 0.6) is 0 Å². The van der Waals surface area contributed by atoms with Gasteiger partial charge in [-0.15, -0.1) is 0 Å². The van der Waals surface area contributed by atoms with Crippen molar-refractivity contribution in [3.8, 4) is 5.82 Å². The van der Waals surface area contributed by atoms with E-state index in [0.29, 0.717) is 17.3 Å². The summed E-state index contributed by atoms with van der Waals surface area (Å²) < 4.78 is 7.27. The van der Waals surface area contributed by atoms with Crippen LogP contribution in [0.15, 0.2) is 65.7 Å². The van der Waals surface area contributed by atoms with Crippen molar-refractivity contribution in [2.45, 2.75) is 13.0 Å². The molecule has 26 heavy (non-hydrogen) atoms. The molecule has 0 aliphatic heterocycles. The molecule has 0 bridgehead atoms. The number of carbonyl (C=O) groups excluding carboxylic acids is 1. The molecule has 3 aromatic heterocycles. The molecule has 0 saturated carbocycles. The standard InChI is InChI=1S/C18H16N6O2/c1-12(16-9-13-5-2-3-7-15(13)26-16)22-18(25)23-14-6-4-8-20-17(14)24-11-19-10-21-24/h2-12H,1H3,(H2,22,23,25)/t12-/m0/s1. The molecule has 0 fully saturated rings. The van der Waals surface area contributed by atoms with Gasteiger partial charge in [-0.3, -0.25) is 0 Å². The Hall–Kier alpha value is -3.68. The second-order valence-electron chi connectivity index (χ2n) is 5.72. The summed E-state index contributed by atoms with van der Waals surface area (Å²) in [6.07, 6.45) is 4.54. The molecule has 1 atom stereocenters. The number of carbonyl (C=O) groups is 1. The highest BCUT2D eigenvalue weighted by Gasteiger charge is 2.16. The van der Waals surface area contributed by atoms with Gasteiger partial charge in [0, 0.05) is 11.6 Å². The summed E-state index contributed by atoms with van der Waals surface area (Å²) >= 11 is 0. The van der Waals surface area contributed by atoms with Gasteiger partial charge in [0.05, 0.1) is 11.7 Å². The van der Waals surface area contributed by atoms with E-state index in [9.17, 15) is 4.79 Å². The molecule has 0 radical (unpaired) electrons. The predicted molar refractivity (Wildman–Crippen MR) is 95.9 cm³/mol. The number of hydrogen-bond donors (Lipinski definition) is 2. The predicted octanol–water partition coefficient (Wildman–Crippen LogP) is 3.29. The second-order valence-corrected chi connectivity index (χ2v) is 5.72. The van der Waals surface area contributed by atoms with Crippen LogP contribution in [-0.4, -0.2) is 25.8 Å². The molecule has 0 aliphatic rings. The third-order valence-electron chi connectivity index (χ3n) is 3.89. The smallest absolute Gasteiger partial charge is 0.319 e. The van der Waals surface area contributed by atoms with Gasteiger partial charge >= 0.3 is 6.03 Å². The van der Waals surface area contributed by atoms with Gasteiger partial charge in [0.25, 0.3) is 0 Å². The van der Waals surface area contributed by atoms with E-state index < -0.39 is 0 Å². The Morgan fingerprint density at radius 3 is 2.92 bits per heavy atom. The van der Waals surface area contributed by atoms with Crippen LogP contribution in [0.3, 0.4) is 0 Å². The third kappa shape index (κ3) is 3.12. The number of rotatable bonds is 4. The number of amides is 2. The highest BCUT2D eigenvalue weighted by molar-refractivity contribution is 5.91. The van der Waals surface area contributed by atoms with E-state index in [0.717, 1.165) is 11.0 Å². The first-order chi connectivity index (χ1) is 12.7. The quantitative estimate of drug-likeness (QED) is 0.590. The normalized spacial score (nSPS) is 12.0. The number of aromatic nitrogens is 4. The molecule has 4 rings (SSSR count). The Balaban J connectivity index is 1.49. The average Bonchev–Trinajstić information content (AvgIpc) is 3.31. The van der Waals surface area contributed by atoms with Gasteiger partial charge in [0.1, 0.15) is 24.0 Å². The fraction of sp³-hybridized carbons (Fsp3) is 0.111. The van der Waals surface area contributed by atoms with E-state index in [4.69, 9.17) is 4.42 Å². The van der Waals surface area contributed by atoms with Crippen LogP contribution in [0.1, 0.15) is 18.7 Å². The number of hydrogen-bond acceptors (Lipinski definition) is 5. The minimum atomic E-state index is -0.368. The van der Waals surface area contributed by atoms with E-state index >= 15 is 0 Å². The van der Waals surface area contributed by atoms with Crippen molar-refractivity contribution in [2.24, 2.45) is 0 Å². The zero-order valence-electron chi connectivity index (χ0n) is 14.0. The largest absolute Gasteiger partial charge is 0.459 e. The number of pyridine rings is 1. The van der Waals surface area contributed by atoms with Crippen molar-refractivity contribution in [3.63, 3.8) is 0 Å². The van der Waals surface area contributed by atoms with E-state index in [1.165, 1.54) is 17.3 Å². The van der Waals surface area contributed by atoms with E-state index in [1.54, 1.807) is 18.3 Å². The molecule has 8 nitrogen and oxygen atoms in total. The number of nitrogens with zero attached hydrogens (tertiary/aromatic N) is 4. The van der Waals surface area contributed by atoms with Crippen molar-refractivity contribution in [2.75, 3.05) is 5.32 Å². The van der Waals surface area contributed by atoms with Gasteiger partial charge in [-0.25, -0.2) is 19.4 Å². The first kappa shape index (κ1) is 15.8. The molecule has 2 amide bonds. The zero-order valence-corrected chi connectivity index (χ0v) is 14.0. The number of furan rings is 1. The fourth-order valence-electron chi connectivity index (χ4n) is 2.64. The molecule has 0 saturated heterocycles. The van der Waals surface area contributed by atoms with Crippen LogP contribution in [0.4, 0.5) is 10.5 Å². The highest BCUT2D eigenvalue weighted by Crippen LogP contribution is 2.23. The van der Waals surface area contributed by atoms with Crippen LogP contribution < -0.4 is 10.6 Å². The van der Waals surface area contributed by atoms with Crippen molar-refractivity contribution < 1.29 is 9.21 Å². The highest BCUT2D eigenvalue weighted by atomic mass is 16.3. The summed E-state index contributed by atoms with van der Waals surface area (Å²) in [6, 6.07) is 12.5. The lowest BCUT2D eigenvalue weighted by atomic mass is 10.2. The fourth-order valence-corrected chi connectivity index (χ4v) is 2.64. The van der Waals surface area contributed by atoms with Gasteiger partial charge in [-0.1, -0.05) is 18.2 Å². The first-order valence-corrected chi connectivity index (χ1v) is 8.07. The minimum absolute atomic E-state index is 0.297. The first-order valence-electron chi connectivity index (χ1n) is 8.07. The van der Waals surface area contributed by atoms with Gasteiger partial charge in [-0.05, 0) is 31.2 Å². The maximum absolute atomic E-state index is 12.4. The van der Waals surface area contributed by atoms with E-state index in [1.807, 2.05) is 37.3 Å². The minimum Gasteiger partial charge on any atom is -0.459 e. The van der Waals surface area contributed by atoms with Gasteiger partial charge in [0.15, 0.2) is 5.82 Å². The summed E-state index contributed by atoms with van der Waals surface area (Å²) in [5.41, 5.74) is 1.31. The monoisotopic (exact) mass is 348 g/mol. The maximum atomic E-state index is 12.4. The van der Waals surface area contributed by atoms with Crippen LogP contribution in [0.2, 0.25) is 0 Å². The van der Waals surface area contributed by atoms with Crippen LogP contribution in [-0.2, 0) is 0 Å². The molecule has 1 aromatic carbocycles. The molecule has 130 valence electrons. The van der Waals surface area contributed by atoms with Gasteiger partial charge < -0.3 is 15.1 Å². The lowest BCUT2D eigenvalue weighted by molar-refractivity contribution is 0.248. The summed E-state index contributed by atoms with van der Waals surface area (Å²) in [5, 5.41) is 10.7. The third-order valence-corrected chi connectivity index (χ3v) is 3.89. The molecule has 4 aromatic rings. The van der Waals surface area contributed by atoms with Crippen LogP contribution in [0.25, 0.3) is 16.8 Å².